The zero-order valence-electron chi connectivity index (χ0n) is 22.6. The minimum absolute atomic E-state index is 0.661. The molecule has 0 saturated carbocycles. The van der Waals surface area contributed by atoms with Crippen molar-refractivity contribution in [1.29, 1.82) is 0 Å². The van der Waals surface area contributed by atoms with Gasteiger partial charge < -0.3 is 30.7 Å². The lowest BCUT2D eigenvalue weighted by molar-refractivity contribution is 0.476. The molecule has 0 spiro atoms. The molecule has 0 amide bonds. The van der Waals surface area contributed by atoms with Crippen LogP contribution in [0.5, 0.6) is 23.0 Å². The van der Waals surface area contributed by atoms with E-state index < -0.39 is 0 Å². The third-order valence-corrected chi connectivity index (χ3v) is 7.68. The third-order valence-electron chi connectivity index (χ3n) is 7.68. The van der Waals surface area contributed by atoms with Gasteiger partial charge in [-0.05, 0) is 72.8 Å². The topological polar surface area (TPSA) is 77.0 Å². The molecule has 6 aromatic carbocycles. The van der Waals surface area contributed by atoms with Crippen molar-refractivity contribution >= 4 is 45.5 Å². The Morgan fingerprint density at radius 2 is 0.667 bits per heavy atom. The fourth-order valence-electron chi connectivity index (χ4n) is 5.85. The van der Waals surface area contributed by atoms with Crippen LogP contribution in [0.4, 0.5) is 45.5 Å². The zero-order chi connectivity index (χ0) is 28.2. The second kappa shape index (κ2) is 9.35. The molecule has 4 N–H and O–H groups in total. The maximum absolute atomic E-state index is 6.48. The molecule has 2 heterocycles. The maximum atomic E-state index is 6.48. The molecule has 42 heavy (non-hydrogen) atoms. The quantitative estimate of drug-likeness (QED) is 0.215. The van der Waals surface area contributed by atoms with Crippen molar-refractivity contribution in [2.45, 2.75) is 0 Å². The van der Waals surface area contributed by atoms with Gasteiger partial charge in [0.1, 0.15) is 0 Å². The van der Waals surface area contributed by atoms with E-state index >= 15 is 0 Å². The largest absolute Gasteiger partial charge is 0.453 e. The highest BCUT2D eigenvalue weighted by Gasteiger charge is 2.31. The van der Waals surface area contributed by atoms with Crippen molar-refractivity contribution in [1.82, 2.24) is 0 Å². The van der Waals surface area contributed by atoms with Gasteiger partial charge >= 0.3 is 0 Å². The van der Waals surface area contributed by atoms with Crippen molar-refractivity contribution in [3.63, 3.8) is 0 Å². The minimum Gasteiger partial charge on any atom is -0.453 e. The number of hydrogen-bond acceptors (Lipinski definition) is 6. The van der Waals surface area contributed by atoms with Gasteiger partial charge in [-0.1, -0.05) is 60.7 Å². The highest BCUT2D eigenvalue weighted by atomic mass is 16.5. The average Bonchev–Trinajstić information content (AvgIpc) is 3.02. The molecule has 2 aliphatic rings. The summed E-state index contributed by atoms with van der Waals surface area (Å²) in [6.45, 7) is 0. The van der Waals surface area contributed by atoms with Crippen molar-refractivity contribution < 1.29 is 9.47 Å². The molecule has 0 aliphatic carbocycles. The summed E-state index contributed by atoms with van der Waals surface area (Å²) >= 11 is 0. The Morgan fingerprint density at radius 3 is 1.00 bits per heavy atom. The Kier molecular flexibility index (Phi) is 5.34. The molecule has 0 unspecified atom stereocenters. The van der Waals surface area contributed by atoms with Gasteiger partial charge in [-0.3, -0.25) is 0 Å². The highest BCUT2D eigenvalue weighted by Crippen LogP contribution is 2.56. The molecular formula is C36H26N4O2. The molecule has 6 nitrogen and oxygen atoms in total. The first-order chi connectivity index (χ1) is 20.7. The van der Waals surface area contributed by atoms with Crippen LogP contribution >= 0.6 is 0 Å². The summed E-state index contributed by atoms with van der Waals surface area (Å²) in [6, 6.07) is 44.3. The number of para-hydroxylation sites is 8. The van der Waals surface area contributed by atoms with Gasteiger partial charge in [0.05, 0.1) is 34.1 Å². The zero-order valence-corrected chi connectivity index (χ0v) is 22.6. The lowest BCUT2D eigenvalue weighted by Crippen LogP contribution is -2.18. The summed E-state index contributed by atoms with van der Waals surface area (Å²) in [4.78, 5) is 4.45. The summed E-state index contributed by atoms with van der Waals surface area (Å²) in [7, 11) is 0. The van der Waals surface area contributed by atoms with E-state index in [9.17, 15) is 0 Å². The lowest BCUT2D eigenvalue weighted by Gasteiger charge is -2.36. The second-order valence-electron chi connectivity index (χ2n) is 10.3. The number of anilines is 8. The number of nitrogens with zero attached hydrogens (tertiary/aromatic N) is 2. The molecule has 0 saturated heterocycles. The van der Waals surface area contributed by atoms with Gasteiger partial charge in [0, 0.05) is 22.5 Å². The molecule has 202 valence electrons. The first kappa shape index (κ1) is 24.0. The first-order valence-corrected chi connectivity index (χ1v) is 13.8. The third kappa shape index (κ3) is 3.73. The number of fused-ring (bicyclic) bond motifs is 4. The SMILES string of the molecule is Nc1ccc(-c2ccc(N)cc2N2c3ccccc3Oc3ccccc32)c(N2c3ccccc3Oc3ccccc32)c1. The molecule has 2 aliphatic heterocycles. The molecule has 0 bridgehead atoms. The predicted octanol–water partition coefficient (Wildman–Crippen LogP) is 9.67. The monoisotopic (exact) mass is 546 g/mol. The van der Waals surface area contributed by atoms with E-state index in [1.54, 1.807) is 0 Å². The average molecular weight is 547 g/mol. The number of nitrogen functional groups attached to an aromatic ring is 2. The van der Waals surface area contributed by atoms with Gasteiger partial charge in [-0.25, -0.2) is 0 Å². The molecule has 6 aromatic rings. The smallest absolute Gasteiger partial charge is 0.151 e. The Balaban J connectivity index is 1.40. The number of rotatable bonds is 3. The summed E-state index contributed by atoms with van der Waals surface area (Å²) in [6.07, 6.45) is 0. The van der Waals surface area contributed by atoms with Crippen LogP contribution in [0.1, 0.15) is 0 Å². The lowest BCUT2D eigenvalue weighted by atomic mass is 9.97. The fourth-order valence-corrected chi connectivity index (χ4v) is 5.85. The van der Waals surface area contributed by atoms with Gasteiger partial charge in [0.25, 0.3) is 0 Å². The van der Waals surface area contributed by atoms with Crippen LogP contribution in [0.15, 0.2) is 133 Å². The van der Waals surface area contributed by atoms with Crippen molar-refractivity contribution in [3.05, 3.63) is 133 Å². The summed E-state index contributed by atoms with van der Waals surface area (Å²) in [5.74, 6) is 3.10. The van der Waals surface area contributed by atoms with E-state index in [1.165, 1.54) is 0 Å². The van der Waals surface area contributed by atoms with E-state index in [0.29, 0.717) is 11.4 Å². The summed E-state index contributed by atoms with van der Waals surface area (Å²) in [5.41, 5.74) is 21.9. The second-order valence-corrected chi connectivity index (χ2v) is 10.3. The summed E-state index contributed by atoms with van der Waals surface area (Å²) < 4.78 is 12.6. The molecule has 0 aromatic heterocycles. The van der Waals surface area contributed by atoms with E-state index in [1.807, 2.05) is 97.1 Å². The van der Waals surface area contributed by atoms with Gasteiger partial charge in [0.15, 0.2) is 23.0 Å². The first-order valence-electron chi connectivity index (χ1n) is 13.8. The molecule has 8 rings (SSSR count). The molecule has 0 fully saturated rings. The van der Waals surface area contributed by atoms with Gasteiger partial charge in [0.2, 0.25) is 0 Å². The van der Waals surface area contributed by atoms with Crippen LogP contribution in [0, 0.1) is 0 Å². The fraction of sp³-hybridized carbons (Fsp3) is 0. The highest BCUT2D eigenvalue weighted by molar-refractivity contribution is 6.00. The molecule has 0 atom stereocenters. The van der Waals surface area contributed by atoms with Crippen LogP contribution in [-0.4, -0.2) is 0 Å². The summed E-state index contributed by atoms with van der Waals surface area (Å²) in [5, 5.41) is 0. The van der Waals surface area contributed by atoms with Crippen molar-refractivity contribution in [3.8, 4) is 34.1 Å². The number of nitrogens with two attached hydrogens (primary N) is 2. The maximum Gasteiger partial charge on any atom is 0.151 e. The van der Waals surface area contributed by atoms with Crippen LogP contribution in [-0.2, 0) is 0 Å². The van der Waals surface area contributed by atoms with E-state index in [0.717, 1.165) is 68.2 Å². The van der Waals surface area contributed by atoms with Gasteiger partial charge in [-0.15, -0.1) is 0 Å². The van der Waals surface area contributed by atoms with Crippen LogP contribution in [0.2, 0.25) is 0 Å². The number of hydrogen-bond donors (Lipinski definition) is 2. The van der Waals surface area contributed by atoms with E-state index in [4.69, 9.17) is 20.9 Å². The normalized spacial score (nSPS) is 12.8. The predicted molar refractivity (Wildman–Crippen MR) is 170 cm³/mol. The van der Waals surface area contributed by atoms with Gasteiger partial charge in [-0.2, -0.15) is 0 Å². The van der Waals surface area contributed by atoms with Crippen molar-refractivity contribution in [2.24, 2.45) is 0 Å². The Bertz CT molecular complexity index is 1770. The minimum atomic E-state index is 0.661. The van der Waals surface area contributed by atoms with E-state index in [2.05, 4.69) is 46.2 Å². The molecule has 0 radical (unpaired) electrons. The van der Waals surface area contributed by atoms with Crippen LogP contribution < -0.4 is 30.7 Å². The molecule has 6 heteroatoms. The van der Waals surface area contributed by atoms with Crippen LogP contribution in [0.3, 0.4) is 0 Å². The van der Waals surface area contributed by atoms with E-state index in [-0.39, 0.29) is 0 Å². The van der Waals surface area contributed by atoms with Crippen molar-refractivity contribution in [2.75, 3.05) is 21.3 Å². The Hall–Kier alpha value is -5.88. The molecular weight excluding hydrogens is 520 g/mol. The van der Waals surface area contributed by atoms with Crippen LogP contribution in [0.25, 0.3) is 11.1 Å². The Morgan fingerprint density at radius 1 is 0.357 bits per heavy atom. The number of ether oxygens (including phenoxy) is 2. The standard InChI is InChI=1S/C36H26N4O2/c37-23-17-19-25(31(21-23)39-27-9-1-5-13-33(27)41-34-14-6-2-10-28(34)39)26-20-18-24(38)22-32(26)40-29-11-3-7-15-35(29)42-36-16-8-4-12-30(36)40/h1-22H,37-38H2. The number of benzene rings is 6. The Labute approximate surface area is 243 Å².